The molecule has 0 aliphatic rings. The van der Waals surface area contributed by atoms with Gasteiger partial charge in [-0.25, -0.2) is 0 Å². The van der Waals surface area contributed by atoms with Crippen LogP contribution >= 0.6 is 0 Å². The molecule has 4 nitrogen and oxygen atoms in total. The van der Waals surface area contributed by atoms with Crippen molar-refractivity contribution in [3.05, 3.63) is 0 Å². The van der Waals surface area contributed by atoms with E-state index in [9.17, 15) is 4.79 Å². The average Bonchev–Trinajstić information content (AvgIpc) is 2.18. The summed E-state index contributed by atoms with van der Waals surface area (Å²) in [6.07, 6.45) is 3.06. The second-order valence-corrected chi connectivity index (χ2v) is 3.46. The molecule has 4 N–H and O–H groups in total. The summed E-state index contributed by atoms with van der Waals surface area (Å²) in [7, 11) is 0. The van der Waals surface area contributed by atoms with Crippen LogP contribution < -0.4 is 16.4 Å². The van der Waals surface area contributed by atoms with E-state index >= 15 is 0 Å². The molecule has 4 heteroatoms. The summed E-state index contributed by atoms with van der Waals surface area (Å²) >= 11 is 0. The minimum absolute atomic E-state index is 0.0791. The van der Waals surface area contributed by atoms with Crippen LogP contribution in [0.5, 0.6) is 0 Å². The van der Waals surface area contributed by atoms with E-state index in [0.717, 1.165) is 32.4 Å². The molecule has 0 aliphatic heterocycles. The molecule has 0 aromatic heterocycles. The molecule has 0 rings (SSSR count). The molecule has 1 unspecified atom stereocenters. The largest absolute Gasteiger partial charge is 0.355 e. The van der Waals surface area contributed by atoms with Crippen molar-refractivity contribution in [2.24, 2.45) is 5.73 Å². The highest BCUT2D eigenvalue weighted by Crippen LogP contribution is 1.86. The minimum atomic E-state index is -0.113. The van der Waals surface area contributed by atoms with Gasteiger partial charge in [-0.1, -0.05) is 13.3 Å². The summed E-state index contributed by atoms with van der Waals surface area (Å²) < 4.78 is 0. The van der Waals surface area contributed by atoms with Gasteiger partial charge in [0.25, 0.3) is 0 Å². The Morgan fingerprint density at radius 2 is 2.07 bits per heavy atom. The van der Waals surface area contributed by atoms with E-state index in [1.165, 1.54) is 0 Å². The summed E-state index contributed by atoms with van der Waals surface area (Å²) in [5.74, 6) is 0.0791. The lowest BCUT2D eigenvalue weighted by atomic mass is 10.2. The number of amides is 1. The topological polar surface area (TPSA) is 67.2 Å². The summed E-state index contributed by atoms with van der Waals surface area (Å²) in [6.45, 7) is 6.22. The predicted octanol–water partition coefficient (Wildman–Crippen LogP) is 0.230. The van der Waals surface area contributed by atoms with E-state index in [0.29, 0.717) is 6.54 Å². The van der Waals surface area contributed by atoms with Crippen molar-refractivity contribution in [2.75, 3.05) is 19.6 Å². The van der Waals surface area contributed by atoms with Crippen LogP contribution in [0, 0.1) is 0 Å². The van der Waals surface area contributed by atoms with Gasteiger partial charge in [0.2, 0.25) is 5.91 Å². The molecule has 0 spiro atoms. The number of hydrogen-bond donors (Lipinski definition) is 3. The number of nitrogens with one attached hydrogen (secondary N) is 2. The van der Waals surface area contributed by atoms with Gasteiger partial charge in [-0.3, -0.25) is 4.79 Å². The zero-order valence-corrected chi connectivity index (χ0v) is 9.31. The van der Waals surface area contributed by atoms with Gasteiger partial charge >= 0.3 is 0 Å². The summed E-state index contributed by atoms with van der Waals surface area (Å²) in [5, 5.41) is 6.00. The maximum absolute atomic E-state index is 11.4. The third kappa shape index (κ3) is 6.86. The second-order valence-electron chi connectivity index (χ2n) is 3.46. The van der Waals surface area contributed by atoms with Crippen LogP contribution in [0.1, 0.15) is 33.1 Å². The third-order valence-electron chi connectivity index (χ3n) is 2.05. The van der Waals surface area contributed by atoms with E-state index in [-0.39, 0.29) is 11.9 Å². The first kappa shape index (κ1) is 13.4. The van der Waals surface area contributed by atoms with Crippen molar-refractivity contribution in [1.82, 2.24) is 10.6 Å². The number of rotatable bonds is 8. The van der Waals surface area contributed by atoms with E-state index in [2.05, 4.69) is 17.6 Å². The Bertz CT molecular complexity index is 150. The highest BCUT2D eigenvalue weighted by Gasteiger charge is 2.09. The zero-order chi connectivity index (χ0) is 10.8. The molecule has 0 saturated carbocycles. The molecule has 0 heterocycles. The SMILES string of the molecule is CCCCNC(=O)C(C)NCCCN. The van der Waals surface area contributed by atoms with Gasteiger partial charge in [0.1, 0.15) is 0 Å². The fourth-order valence-electron chi connectivity index (χ4n) is 1.05. The van der Waals surface area contributed by atoms with Crippen molar-refractivity contribution >= 4 is 5.91 Å². The van der Waals surface area contributed by atoms with Gasteiger partial charge in [0.15, 0.2) is 0 Å². The smallest absolute Gasteiger partial charge is 0.236 e. The van der Waals surface area contributed by atoms with Crippen molar-refractivity contribution in [3.63, 3.8) is 0 Å². The van der Waals surface area contributed by atoms with Crippen LogP contribution in [-0.2, 0) is 4.79 Å². The third-order valence-corrected chi connectivity index (χ3v) is 2.05. The number of nitrogens with two attached hydrogens (primary N) is 1. The normalized spacial score (nSPS) is 12.5. The Labute approximate surface area is 86.6 Å². The molecular formula is C10H23N3O. The highest BCUT2D eigenvalue weighted by molar-refractivity contribution is 5.81. The monoisotopic (exact) mass is 201 g/mol. The van der Waals surface area contributed by atoms with E-state index < -0.39 is 0 Å². The molecule has 0 aromatic carbocycles. The van der Waals surface area contributed by atoms with Crippen LogP contribution in [0.2, 0.25) is 0 Å². The van der Waals surface area contributed by atoms with E-state index in [1.54, 1.807) is 0 Å². The lowest BCUT2D eigenvalue weighted by Crippen LogP contribution is -2.43. The summed E-state index contributed by atoms with van der Waals surface area (Å²) in [5.41, 5.74) is 5.35. The van der Waals surface area contributed by atoms with Gasteiger partial charge in [-0.2, -0.15) is 0 Å². The van der Waals surface area contributed by atoms with Crippen LogP contribution in [0.4, 0.5) is 0 Å². The van der Waals surface area contributed by atoms with E-state index in [4.69, 9.17) is 5.73 Å². The van der Waals surface area contributed by atoms with E-state index in [1.807, 2.05) is 6.92 Å². The second kappa shape index (κ2) is 8.97. The number of hydrogen-bond acceptors (Lipinski definition) is 3. The molecule has 0 aromatic rings. The summed E-state index contributed by atoms with van der Waals surface area (Å²) in [4.78, 5) is 11.4. The quantitative estimate of drug-likeness (QED) is 0.492. The van der Waals surface area contributed by atoms with Crippen LogP contribution in [-0.4, -0.2) is 31.6 Å². The molecule has 1 amide bonds. The van der Waals surface area contributed by atoms with Crippen LogP contribution in [0.25, 0.3) is 0 Å². The predicted molar refractivity (Wildman–Crippen MR) is 59.1 cm³/mol. The number of unbranched alkanes of at least 4 members (excludes halogenated alkanes) is 1. The van der Waals surface area contributed by atoms with Gasteiger partial charge in [0, 0.05) is 6.54 Å². The molecule has 14 heavy (non-hydrogen) atoms. The molecular weight excluding hydrogens is 178 g/mol. The fraction of sp³-hybridized carbons (Fsp3) is 0.900. The molecule has 0 bridgehead atoms. The van der Waals surface area contributed by atoms with Crippen molar-refractivity contribution in [2.45, 2.75) is 39.2 Å². The van der Waals surface area contributed by atoms with Crippen molar-refractivity contribution in [1.29, 1.82) is 0 Å². The molecule has 0 radical (unpaired) electrons. The Kier molecular flexibility index (Phi) is 8.57. The Morgan fingerprint density at radius 1 is 1.36 bits per heavy atom. The summed E-state index contributed by atoms with van der Waals surface area (Å²) in [6, 6.07) is -0.113. The van der Waals surface area contributed by atoms with Crippen molar-refractivity contribution in [3.8, 4) is 0 Å². The maximum Gasteiger partial charge on any atom is 0.236 e. The Hall–Kier alpha value is -0.610. The van der Waals surface area contributed by atoms with Gasteiger partial charge < -0.3 is 16.4 Å². The van der Waals surface area contributed by atoms with Crippen LogP contribution in [0.15, 0.2) is 0 Å². The zero-order valence-electron chi connectivity index (χ0n) is 9.31. The Morgan fingerprint density at radius 3 is 2.64 bits per heavy atom. The number of carbonyl (C=O) groups excluding carboxylic acids is 1. The molecule has 0 saturated heterocycles. The minimum Gasteiger partial charge on any atom is -0.355 e. The fourth-order valence-corrected chi connectivity index (χ4v) is 1.05. The molecule has 1 atom stereocenters. The lowest BCUT2D eigenvalue weighted by molar-refractivity contribution is -0.122. The van der Waals surface area contributed by atoms with Gasteiger partial charge in [-0.15, -0.1) is 0 Å². The van der Waals surface area contributed by atoms with Gasteiger partial charge in [0.05, 0.1) is 6.04 Å². The standard InChI is InChI=1S/C10H23N3O/c1-3-4-7-13-10(14)9(2)12-8-5-6-11/h9,12H,3-8,11H2,1-2H3,(H,13,14). The van der Waals surface area contributed by atoms with Crippen LogP contribution in [0.3, 0.4) is 0 Å². The number of carbonyl (C=O) groups is 1. The lowest BCUT2D eigenvalue weighted by Gasteiger charge is -2.13. The van der Waals surface area contributed by atoms with Gasteiger partial charge in [-0.05, 0) is 32.9 Å². The average molecular weight is 201 g/mol. The first-order valence-corrected chi connectivity index (χ1v) is 5.43. The molecule has 0 aliphatic carbocycles. The first-order chi connectivity index (χ1) is 6.72. The highest BCUT2D eigenvalue weighted by atomic mass is 16.2. The molecule has 0 fully saturated rings. The van der Waals surface area contributed by atoms with Crippen molar-refractivity contribution < 1.29 is 4.79 Å². The Balaban J connectivity index is 3.44. The molecule has 84 valence electrons. The first-order valence-electron chi connectivity index (χ1n) is 5.43. The maximum atomic E-state index is 11.4.